The fraction of sp³-hybridized carbons (Fsp3) is 1.00. The third-order valence-corrected chi connectivity index (χ3v) is 4.25. The Labute approximate surface area is 76.7 Å². The molecule has 2 fully saturated rings. The molecule has 0 N–H and O–H groups in total. The molecule has 2 unspecified atom stereocenters. The van der Waals surface area contributed by atoms with Crippen LogP contribution in [-0.2, 0) is 0 Å². The van der Waals surface area contributed by atoms with Crippen LogP contribution in [0, 0.1) is 17.8 Å². The van der Waals surface area contributed by atoms with Gasteiger partial charge in [0.15, 0.2) is 0 Å². The molecule has 0 amide bonds. The molecule has 3 atom stereocenters. The van der Waals surface area contributed by atoms with Gasteiger partial charge in [-0.1, -0.05) is 51.9 Å². The lowest BCUT2D eigenvalue weighted by atomic mass is 9.65. The van der Waals surface area contributed by atoms with Crippen molar-refractivity contribution in [2.45, 2.75) is 58.3 Å². The fourth-order valence-corrected chi connectivity index (χ4v) is 3.58. The van der Waals surface area contributed by atoms with Gasteiger partial charge in [0.25, 0.3) is 0 Å². The molecule has 0 bridgehead atoms. The van der Waals surface area contributed by atoms with Crippen LogP contribution in [0.4, 0.5) is 0 Å². The van der Waals surface area contributed by atoms with Crippen molar-refractivity contribution in [2.75, 3.05) is 0 Å². The Morgan fingerprint density at radius 1 is 0.917 bits per heavy atom. The molecule has 0 radical (unpaired) electrons. The molecule has 0 heterocycles. The minimum atomic E-state index is 1.10. The Morgan fingerprint density at radius 3 is 2.50 bits per heavy atom. The summed E-state index contributed by atoms with van der Waals surface area (Å²) in [7, 11) is 0. The van der Waals surface area contributed by atoms with Gasteiger partial charge in [-0.05, 0) is 24.2 Å². The third-order valence-electron chi connectivity index (χ3n) is 4.25. The Hall–Kier alpha value is 0. The summed E-state index contributed by atoms with van der Waals surface area (Å²) in [5.41, 5.74) is 0. The van der Waals surface area contributed by atoms with E-state index in [4.69, 9.17) is 0 Å². The first kappa shape index (κ1) is 8.59. The maximum absolute atomic E-state index is 2.39. The highest BCUT2D eigenvalue weighted by Crippen LogP contribution is 2.44. The van der Waals surface area contributed by atoms with E-state index >= 15 is 0 Å². The topological polar surface area (TPSA) is 0 Å². The average molecular weight is 166 g/mol. The van der Waals surface area contributed by atoms with Gasteiger partial charge >= 0.3 is 0 Å². The highest BCUT2D eigenvalue weighted by molar-refractivity contribution is 4.84. The van der Waals surface area contributed by atoms with Gasteiger partial charge in [0, 0.05) is 0 Å². The molecular weight excluding hydrogens is 144 g/mol. The molecule has 12 heavy (non-hydrogen) atoms. The van der Waals surface area contributed by atoms with E-state index in [1.54, 1.807) is 19.3 Å². The molecule has 70 valence electrons. The lowest BCUT2D eigenvalue weighted by molar-refractivity contribution is 0.101. The second kappa shape index (κ2) is 3.81. The van der Waals surface area contributed by atoms with E-state index in [1.807, 2.05) is 0 Å². The summed E-state index contributed by atoms with van der Waals surface area (Å²) in [6.45, 7) is 2.39. The van der Waals surface area contributed by atoms with Crippen LogP contribution in [0.1, 0.15) is 58.3 Å². The standard InChI is InChI=1S/C12H22/c1-2-10-7-5-8-11-6-3-4-9-12(10)11/h10-12H,2-9H2,1H3/t10-,11?,12?/m1/s1. The van der Waals surface area contributed by atoms with Crippen molar-refractivity contribution < 1.29 is 0 Å². The van der Waals surface area contributed by atoms with Crippen LogP contribution in [0.3, 0.4) is 0 Å². The van der Waals surface area contributed by atoms with Crippen molar-refractivity contribution in [3.63, 3.8) is 0 Å². The number of rotatable bonds is 1. The summed E-state index contributed by atoms with van der Waals surface area (Å²) in [5, 5.41) is 0. The summed E-state index contributed by atoms with van der Waals surface area (Å²) in [6.07, 6.45) is 12.2. The average Bonchev–Trinajstić information content (AvgIpc) is 2.17. The highest BCUT2D eigenvalue weighted by atomic mass is 14.4. The number of hydrogen-bond acceptors (Lipinski definition) is 0. The summed E-state index contributed by atoms with van der Waals surface area (Å²) in [6, 6.07) is 0. The van der Waals surface area contributed by atoms with E-state index in [2.05, 4.69) is 6.92 Å². The molecule has 2 aliphatic rings. The summed E-state index contributed by atoms with van der Waals surface area (Å²) < 4.78 is 0. The number of hydrogen-bond donors (Lipinski definition) is 0. The molecule has 0 aromatic rings. The normalized spacial score (nSPS) is 42.2. The minimum Gasteiger partial charge on any atom is -0.0651 e. The van der Waals surface area contributed by atoms with E-state index in [0.717, 1.165) is 17.8 Å². The molecule has 0 aliphatic heterocycles. The van der Waals surface area contributed by atoms with Gasteiger partial charge < -0.3 is 0 Å². The first-order chi connectivity index (χ1) is 5.92. The predicted octanol–water partition coefficient (Wildman–Crippen LogP) is 4.00. The van der Waals surface area contributed by atoms with Gasteiger partial charge in [-0.15, -0.1) is 0 Å². The lowest BCUT2D eigenvalue weighted by Crippen LogP contribution is -2.30. The number of fused-ring (bicyclic) bond motifs is 1. The summed E-state index contributed by atoms with van der Waals surface area (Å²) in [5.74, 6) is 3.37. The van der Waals surface area contributed by atoms with Gasteiger partial charge in [-0.25, -0.2) is 0 Å². The van der Waals surface area contributed by atoms with E-state index in [0.29, 0.717) is 0 Å². The molecule has 2 saturated carbocycles. The maximum Gasteiger partial charge on any atom is -0.0358 e. The zero-order valence-corrected chi connectivity index (χ0v) is 8.39. The molecule has 2 aliphatic carbocycles. The first-order valence-electron chi connectivity index (χ1n) is 5.92. The lowest BCUT2D eigenvalue weighted by Gasteiger charge is -2.41. The van der Waals surface area contributed by atoms with E-state index < -0.39 is 0 Å². The van der Waals surface area contributed by atoms with E-state index in [-0.39, 0.29) is 0 Å². The molecule has 0 heteroatoms. The second-order valence-corrected chi connectivity index (χ2v) is 4.81. The Bertz CT molecular complexity index is 130. The van der Waals surface area contributed by atoms with Crippen LogP contribution in [0.2, 0.25) is 0 Å². The van der Waals surface area contributed by atoms with Crippen molar-refractivity contribution in [3.05, 3.63) is 0 Å². The molecule has 0 nitrogen and oxygen atoms in total. The Kier molecular flexibility index (Phi) is 2.73. The second-order valence-electron chi connectivity index (χ2n) is 4.81. The maximum atomic E-state index is 2.39. The molecule has 0 spiro atoms. The third kappa shape index (κ3) is 1.53. The van der Waals surface area contributed by atoms with Crippen LogP contribution < -0.4 is 0 Å². The van der Waals surface area contributed by atoms with Crippen molar-refractivity contribution in [1.82, 2.24) is 0 Å². The molecule has 2 rings (SSSR count). The van der Waals surface area contributed by atoms with E-state index in [9.17, 15) is 0 Å². The van der Waals surface area contributed by atoms with Crippen molar-refractivity contribution in [2.24, 2.45) is 17.8 Å². The SMILES string of the molecule is CC[C@@H]1CCCC2CCCCC21. The monoisotopic (exact) mass is 166 g/mol. The van der Waals surface area contributed by atoms with Crippen LogP contribution in [-0.4, -0.2) is 0 Å². The quantitative estimate of drug-likeness (QED) is 0.552. The van der Waals surface area contributed by atoms with Crippen LogP contribution in [0.5, 0.6) is 0 Å². The smallest absolute Gasteiger partial charge is 0.0358 e. The van der Waals surface area contributed by atoms with Crippen LogP contribution >= 0.6 is 0 Å². The molecule has 0 aromatic carbocycles. The first-order valence-corrected chi connectivity index (χ1v) is 5.92. The molecule has 0 saturated heterocycles. The van der Waals surface area contributed by atoms with Gasteiger partial charge in [0.2, 0.25) is 0 Å². The zero-order valence-electron chi connectivity index (χ0n) is 8.39. The summed E-state index contributed by atoms with van der Waals surface area (Å²) >= 11 is 0. The van der Waals surface area contributed by atoms with Crippen molar-refractivity contribution in [1.29, 1.82) is 0 Å². The zero-order chi connectivity index (χ0) is 8.39. The Morgan fingerprint density at radius 2 is 1.67 bits per heavy atom. The highest BCUT2D eigenvalue weighted by Gasteiger charge is 2.33. The van der Waals surface area contributed by atoms with Crippen molar-refractivity contribution >= 4 is 0 Å². The molecule has 0 aromatic heterocycles. The fourth-order valence-electron chi connectivity index (χ4n) is 3.58. The van der Waals surface area contributed by atoms with Crippen molar-refractivity contribution in [3.8, 4) is 0 Å². The van der Waals surface area contributed by atoms with Crippen LogP contribution in [0.15, 0.2) is 0 Å². The van der Waals surface area contributed by atoms with Gasteiger partial charge in [-0.3, -0.25) is 0 Å². The minimum absolute atomic E-state index is 1.10. The Balaban J connectivity index is 1.99. The molecular formula is C12H22. The van der Waals surface area contributed by atoms with Gasteiger partial charge in [0.05, 0.1) is 0 Å². The van der Waals surface area contributed by atoms with Gasteiger partial charge in [-0.2, -0.15) is 0 Å². The summed E-state index contributed by atoms with van der Waals surface area (Å²) in [4.78, 5) is 0. The largest absolute Gasteiger partial charge is 0.0651 e. The van der Waals surface area contributed by atoms with Crippen LogP contribution in [0.25, 0.3) is 0 Å². The van der Waals surface area contributed by atoms with Gasteiger partial charge in [0.1, 0.15) is 0 Å². The predicted molar refractivity (Wildman–Crippen MR) is 53.1 cm³/mol. The van der Waals surface area contributed by atoms with E-state index in [1.165, 1.54) is 32.1 Å².